The largest absolute Gasteiger partial charge is 0.468 e. The minimum Gasteiger partial charge on any atom is -0.468 e. The summed E-state index contributed by atoms with van der Waals surface area (Å²) in [7, 11) is -2.08. The third-order valence-electron chi connectivity index (χ3n) is 2.98. The SMILES string of the molecule is Cc1nc(-c2csc(S(=O)(=O)N(C)Cc3ccco3)c2)no1. The minimum absolute atomic E-state index is 0.171. The van der Waals surface area contributed by atoms with Gasteiger partial charge in [0.2, 0.25) is 11.7 Å². The van der Waals surface area contributed by atoms with Crippen molar-refractivity contribution in [1.82, 2.24) is 14.4 Å². The molecule has 3 aromatic heterocycles. The van der Waals surface area contributed by atoms with Crippen molar-refractivity contribution >= 4 is 21.4 Å². The van der Waals surface area contributed by atoms with Crippen LogP contribution in [0, 0.1) is 6.92 Å². The lowest BCUT2D eigenvalue weighted by Crippen LogP contribution is -2.25. The Kier molecular flexibility index (Phi) is 3.85. The Bertz CT molecular complexity index is 865. The van der Waals surface area contributed by atoms with E-state index in [0.717, 1.165) is 11.3 Å². The molecule has 0 radical (unpaired) electrons. The maximum atomic E-state index is 12.5. The van der Waals surface area contributed by atoms with Crippen LogP contribution in [0.4, 0.5) is 0 Å². The fourth-order valence-corrected chi connectivity index (χ4v) is 4.35. The second-order valence-corrected chi connectivity index (χ2v) is 7.81. The standard InChI is InChI=1S/C13H13N3O4S2/c1-9-14-13(15-20-9)10-6-12(21-8-10)22(17,18)16(2)7-11-4-3-5-19-11/h3-6,8H,7H2,1-2H3. The zero-order valence-corrected chi connectivity index (χ0v) is 13.5. The van der Waals surface area contributed by atoms with Crippen LogP contribution in [0.2, 0.25) is 0 Å². The first-order chi connectivity index (χ1) is 10.5. The smallest absolute Gasteiger partial charge is 0.252 e. The number of sulfonamides is 1. The monoisotopic (exact) mass is 339 g/mol. The van der Waals surface area contributed by atoms with Crippen molar-refractivity contribution in [1.29, 1.82) is 0 Å². The highest BCUT2D eigenvalue weighted by Gasteiger charge is 2.24. The van der Waals surface area contributed by atoms with Gasteiger partial charge in [0.05, 0.1) is 12.8 Å². The summed E-state index contributed by atoms with van der Waals surface area (Å²) in [4.78, 5) is 4.09. The summed E-state index contributed by atoms with van der Waals surface area (Å²) < 4.78 is 36.6. The van der Waals surface area contributed by atoms with E-state index in [1.54, 1.807) is 30.5 Å². The first kappa shape index (κ1) is 14.9. The quantitative estimate of drug-likeness (QED) is 0.709. The highest BCUT2D eigenvalue weighted by molar-refractivity contribution is 7.91. The first-order valence-electron chi connectivity index (χ1n) is 6.35. The molecule has 0 saturated heterocycles. The Labute approximate surface area is 131 Å². The van der Waals surface area contributed by atoms with Crippen LogP contribution in [0.3, 0.4) is 0 Å². The first-order valence-corrected chi connectivity index (χ1v) is 8.67. The molecule has 0 saturated carbocycles. The Morgan fingerprint density at radius 1 is 1.41 bits per heavy atom. The summed E-state index contributed by atoms with van der Waals surface area (Å²) in [5.74, 6) is 1.39. The van der Waals surface area contributed by atoms with Crippen molar-refractivity contribution in [3.05, 3.63) is 41.5 Å². The molecule has 0 aliphatic carbocycles. The molecule has 0 spiro atoms. The highest BCUT2D eigenvalue weighted by atomic mass is 32.2. The van der Waals surface area contributed by atoms with E-state index in [9.17, 15) is 8.42 Å². The van der Waals surface area contributed by atoms with Crippen LogP contribution in [0.25, 0.3) is 11.4 Å². The number of thiophene rings is 1. The number of aryl methyl sites for hydroxylation is 1. The van der Waals surface area contributed by atoms with Crippen LogP contribution < -0.4 is 0 Å². The van der Waals surface area contributed by atoms with Gasteiger partial charge in [0.25, 0.3) is 10.0 Å². The minimum atomic E-state index is -3.59. The fourth-order valence-electron chi connectivity index (χ4n) is 1.85. The van der Waals surface area contributed by atoms with E-state index in [2.05, 4.69) is 10.1 Å². The summed E-state index contributed by atoms with van der Waals surface area (Å²) in [6.45, 7) is 1.85. The summed E-state index contributed by atoms with van der Waals surface area (Å²) in [5, 5.41) is 5.48. The van der Waals surface area contributed by atoms with Crippen LogP contribution in [0.1, 0.15) is 11.7 Å². The molecule has 0 fully saturated rings. The predicted molar refractivity (Wildman–Crippen MR) is 79.7 cm³/mol. The van der Waals surface area contributed by atoms with Gasteiger partial charge in [-0.3, -0.25) is 0 Å². The second kappa shape index (κ2) is 5.67. The molecule has 0 aliphatic heterocycles. The molecule has 3 aromatic rings. The number of hydrogen-bond donors (Lipinski definition) is 0. The average Bonchev–Trinajstić information content (AvgIpc) is 3.18. The molecule has 0 amide bonds. The molecule has 0 aromatic carbocycles. The van der Waals surface area contributed by atoms with Gasteiger partial charge < -0.3 is 8.94 Å². The van der Waals surface area contributed by atoms with E-state index in [4.69, 9.17) is 8.94 Å². The third-order valence-corrected chi connectivity index (χ3v) is 6.20. The molecule has 0 bridgehead atoms. The van der Waals surface area contributed by atoms with Crippen molar-refractivity contribution in [2.45, 2.75) is 17.7 Å². The lowest BCUT2D eigenvalue weighted by Gasteiger charge is -2.14. The Hall–Kier alpha value is -1.97. The van der Waals surface area contributed by atoms with Gasteiger partial charge in [0.15, 0.2) is 0 Å². The van der Waals surface area contributed by atoms with Gasteiger partial charge in [-0.2, -0.15) is 9.29 Å². The zero-order chi connectivity index (χ0) is 15.7. The van der Waals surface area contributed by atoms with Crippen molar-refractivity contribution < 1.29 is 17.4 Å². The van der Waals surface area contributed by atoms with E-state index >= 15 is 0 Å². The fraction of sp³-hybridized carbons (Fsp3) is 0.231. The van der Waals surface area contributed by atoms with Crippen molar-refractivity contribution in [2.75, 3.05) is 7.05 Å². The molecule has 7 nitrogen and oxygen atoms in total. The van der Waals surface area contributed by atoms with Gasteiger partial charge in [-0.05, 0) is 18.2 Å². The van der Waals surface area contributed by atoms with Crippen LogP contribution >= 0.6 is 11.3 Å². The van der Waals surface area contributed by atoms with E-state index in [1.807, 2.05) is 0 Å². The number of aromatic nitrogens is 2. The molecular formula is C13H13N3O4S2. The Morgan fingerprint density at radius 2 is 2.23 bits per heavy atom. The molecular weight excluding hydrogens is 326 g/mol. The van der Waals surface area contributed by atoms with Gasteiger partial charge in [-0.15, -0.1) is 11.3 Å². The molecule has 3 heterocycles. The van der Waals surface area contributed by atoms with Gasteiger partial charge in [-0.1, -0.05) is 5.16 Å². The van der Waals surface area contributed by atoms with Crippen LogP contribution in [-0.2, 0) is 16.6 Å². The number of rotatable bonds is 5. The average molecular weight is 339 g/mol. The topological polar surface area (TPSA) is 89.4 Å². The predicted octanol–water partition coefficient (Wildman–Crippen LogP) is 2.52. The van der Waals surface area contributed by atoms with Crippen LogP contribution in [0.5, 0.6) is 0 Å². The molecule has 0 N–H and O–H groups in total. The summed E-state index contributed by atoms with van der Waals surface area (Å²) in [5.41, 5.74) is 0.617. The van der Waals surface area contributed by atoms with E-state index in [0.29, 0.717) is 23.0 Å². The van der Waals surface area contributed by atoms with Gasteiger partial charge >= 0.3 is 0 Å². The second-order valence-electron chi connectivity index (χ2n) is 4.63. The summed E-state index contributed by atoms with van der Waals surface area (Å²) >= 11 is 1.12. The third kappa shape index (κ3) is 2.82. The van der Waals surface area contributed by atoms with E-state index < -0.39 is 10.0 Å². The summed E-state index contributed by atoms with van der Waals surface area (Å²) in [6.07, 6.45) is 1.51. The molecule has 9 heteroatoms. The van der Waals surface area contributed by atoms with E-state index in [1.165, 1.54) is 17.6 Å². The van der Waals surface area contributed by atoms with Crippen molar-refractivity contribution in [2.24, 2.45) is 0 Å². The molecule has 3 rings (SSSR count). The lowest BCUT2D eigenvalue weighted by atomic mass is 10.3. The van der Waals surface area contributed by atoms with Crippen LogP contribution in [-0.4, -0.2) is 29.9 Å². The lowest BCUT2D eigenvalue weighted by molar-refractivity contribution is 0.394. The molecule has 116 valence electrons. The maximum Gasteiger partial charge on any atom is 0.252 e. The summed E-state index contributed by atoms with van der Waals surface area (Å²) in [6, 6.07) is 4.99. The molecule has 0 atom stereocenters. The Balaban J connectivity index is 1.85. The van der Waals surface area contributed by atoms with Gasteiger partial charge in [0.1, 0.15) is 9.97 Å². The van der Waals surface area contributed by atoms with E-state index in [-0.39, 0.29) is 10.8 Å². The van der Waals surface area contributed by atoms with Crippen molar-refractivity contribution in [3.8, 4) is 11.4 Å². The highest BCUT2D eigenvalue weighted by Crippen LogP contribution is 2.29. The normalized spacial score (nSPS) is 12.1. The van der Waals surface area contributed by atoms with Gasteiger partial charge in [0, 0.05) is 24.9 Å². The number of hydrogen-bond acceptors (Lipinski definition) is 7. The number of furan rings is 1. The number of nitrogens with zero attached hydrogens (tertiary/aromatic N) is 3. The zero-order valence-electron chi connectivity index (χ0n) is 11.9. The molecule has 0 aliphatic rings. The Morgan fingerprint density at radius 3 is 2.86 bits per heavy atom. The van der Waals surface area contributed by atoms with Crippen molar-refractivity contribution in [3.63, 3.8) is 0 Å². The molecule has 0 unspecified atom stereocenters. The molecule has 22 heavy (non-hydrogen) atoms. The van der Waals surface area contributed by atoms with Gasteiger partial charge in [-0.25, -0.2) is 8.42 Å². The van der Waals surface area contributed by atoms with Crippen LogP contribution in [0.15, 0.2) is 43.0 Å². The maximum absolute atomic E-state index is 12.5.